The number of Topliss-reactive ketones (excluding diaryl/α,β-unsaturated/α-hetero) is 1. The first kappa shape index (κ1) is 22.9. The number of carbonyl (C=O) groups is 1. The van der Waals surface area contributed by atoms with Gasteiger partial charge in [-0.05, 0) is 81.9 Å². The Balaban J connectivity index is 1.83. The van der Waals surface area contributed by atoms with Crippen molar-refractivity contribution < 1.29 is 24.5 Å². The number of hydrogen-bond donors (Lipinski definition) is 2. The monoisotopic (exact) mass is 414 g/mol. The zero-order chi connectivity index (χ0) is 22.1. The van der Waals surface area contributed by atoms with Gasteiger partial charge in [-0.15, -0.1) is 0 Å². The van der Waals surface area contributed by atoms with Gasteiger partial charge in [0.1, 0.15) is 6.10 Å². The predicted molar refractivity (Wildman–Crippen MR) is 117 cm³/mol. The van der Waals surface area contributed by atoms with Gasteiger partial charge in [-0.2, -0.15) is 0 Å². The van der Waals surface area contributed by atoms with Crippen LogP contribution in [0.2, 0.25) is 0 Å². The minimum absolute atomic E-state index is 0.0763. The van der Waals surface area contributed by atoms with Crippen molar-refractivity contribution in [2.24, 2.45) is 5.92 Å². The molecule has 5 heteroatoms. The number of rotatable bonds is 6. The normalized spacial score (nSPS) is 32.0. The number of ether oxygens (including phenoxy) is 2. The highest BCUT2D eigenvalue weighted by molar-refractivity contribution is 5.96. The summed E-state index contributed by atoms with van der Waals surface area (Å²) < 4.78 is 12.7. The molecule has 5 atom stereocenters. The van der Waals surface area contributed by atoms with E-state index in [4.69, 9.17) is 9.47 Å². The number of fused-ring (bicyclic) bond motifs is 1. The minimum atomic E-state index is -1.16. The molecule has 0 saturated carbocycles. The smallest absolute Gasteiger partial charge is 0.209 e. The molecule has 0 amide bonds. The van der Waals surface area contributed by atoms with Crippen molar-refractivity contribution in [2.75, 3.05) is 6.61 Å². The predicted octanol–water partition coefficient (Wildman–Crippen LogP) is 3.93. The van der Waals surface area contributed by atoms with E-state index in [0.717, 1.165) is 23.1 Å². The molecule has 1 spiro atoms. The van der Waals surface area contributed by atoms with E-state index < -0.39 is 18.0 Å². The molecule has 2 heterocycles. The summed E-state index contributed by atoms with van der Waals surface area (Å²) in [6.07, 6.45) is 8.42. The highest BCUT2D eigenvalue weighted by atomic mass is 16.7. The van der Waals surface area contributed by atoms with Gasteiger partial charge in [0, 0.05) is 12.3 Å². The van der Waals surface area contributed by atoms with Crippen LogP contribution in [0.15, 0.2) is 58.7 Å². The molecule has 0 radical (unpaired) electrons. The third-order valence-corrected chi connectivity index (χ3v) is 6.12. The molecule has 0 unspecified atom stereocenters. The summed E-state index contributed by atoms with van der Waals surface area (Å²) in [5, 5.41) is 20.9. The molecule has 0 aromatic carbocycles. The molecule has 2 aliphatic heterocycles. The first-order valence-electron chi connectivity index (χ1n) is 10.7. The van der Waals surface area contributed by atoms with Gasteiger partial charge >= 0.3 is 0 Å². The molecule has 30 heavy (non-hydrogen) atoms. The zero-order valence-electron chi connectivity index (χ0n) is 18.5. The summed E-state index contributed by atoms with van der Waals surface area (Å²) in [6, 6.07) is 0. The Morgan fingerprint density at radius 1 is 1.30 bits per heavy atom. The largest absolute Gasteiger partial charge is 0.392 e. The molecule has 0 aromatic rings. The van der Waals surface area contributed by atoms with E-state index in [-0.39, 0.29) is 24.4 Å². The van der Waals surface area contributed by atoms with Gasteiger partial charge in [0.15, 0.2) is 5.78 Å². The summed E-state index contributed by atoms with van der Waals surface area (Å²) >= 11 is 0. The Morgan fingerprint density at radius 3 is 2.70 bits per heavy atom. The van der Waals surface area contributed by atoms with Crippen molar-refractivity contribution in [3.05, 3.63) is 58.7 Å². The molecule has 3 aliphatic rings. The zero-order valence-corrected chi connectivity index (χ0v) is 18.5. The fraction of sp³-hybridized carbons (Fsp3) is 0.560. The number of carbonyl (C=O) groups excluding carboxylic acids is 1. The van der Waals surface area contributed by atoms with E-state index >= 15 is 0 Å². The summed E-state index contributed by atoms with van der Waals surface area (Å²) in [5.41, 5.74) is 4.43. The van der Waals surface area contributed by atoms with Gasteiger partial charge in [0.2, 0.25) is 5.79 Å². The topological polar surface area (TPSA) is 76.0 Å². The van der Waals surface area contributed by atoms with E-state index in [9.17, 15) is 15.0 Å². The van der Waals surface area contributed by atoms with Crippen LogP contribution in [0, 0.1) is 5.92 Å². The fourth-order valence-electron chi connectivity index (χ4n) is 4.47. The van der Waals surface area contributed by atoms with Crippen LogP contribution in [0.25, 0.3) is 0 Å². The van der Waals surface area contributed by atoms with Gasteiger partial charge in [-0.3, -0.25) is 4.79 Å². The Morgan fingerprint density at radius 2 is 2.03 bits per heavy atom. The maximum Gasteiger partial charge on any atom is 0.209 e. The molecule has 1 aliphatic carbocycles. The Hall–Kier alpha value is -1.79. The molecule has 0 aromatic heterocycles. The highest BCUT2D eigenvalue weighted by Crippen LogP contribution is 2.43. The van der Waals surface area contributed by atoms with Crippen LogP contribution in [0.1, 0.15) is 53.4 Å². The Kier molecular flexibility index (Phi) is 6.98. The summed E-state index contributed by atoms with van der Waals surface area (Å²) in [4.78, 5) is 12.2. The summed E-state index contributed by atoms with van der Waals surface area (Å²) in [5.74, 6) is -1.27. The molecule has 2 N–H and O–H groups in total. The Bertz CT molecular complexity index is 826. The molecule has 0 fully saturated rings. The van der Waals surface area contributed by atoms with Crippen molar-refractivity contribution in [1.29, 1.82) is 0 Å². The van der Waals surface area contributed by atoms with Gasteiger partial charge in [-0.25, -0.2) is 0 Å². The summed E-state index contributed by atoms with van der Waals surface area (Å²) in [6.45, 7) is 11.8. The van der Waals surface area contributed by atoms with Gasteiger partial charge in [0.25, 0.3) is 0 Å². The highest BCUT2D eigenvalue weighted by Gasteiger charge is 2.46. The summed E-state index contributed by atoms with van der Waals surface area (Å²) in [7, 11) is 0. The SMILES string of the molecule is C=C(CCC=C(C)C)[C@H](O)[C@@H]1CC(C)=C[C@]2(C=C(CO)[C@H]3CC(=O)C(C)=C[C@H]3O2)O1. The molecule has 0 saturated heterocycles. The van der Waals surface area contributed by atoms with Crippen LogP contribution in [0.3, 0.4) is 0 Å². The van der Waals surface area contributed by atoms with Crippen molar-refractivity contribution in [2.45, 2.75) is 77.5 Å². The van der Waals surface area contributed by atoms with Crippen LogP contribution in [-0.2, 0) is 14.3 Å². The lowest BCUT2D eigenvalue weighted by atomic mass is 9.79. The average Bonchev–Trinajstić information content (AvgIpc) is 2.67. The molecule has 164 valence electrons. The fourth-order valence-corrected chi connectivity index (χ4v) is 4.47. The third-order valence-electron chi connectivity index (χ3n) is 6.12. The lowest BCUT2D eigenvalue weighted by Crippen LogP contribution is -2.51. The van der Waals surface area contributed by atoms with E-state index in [0.29, 0.717) is 24.8 Å². The second kappa shape index (κ2) is 9.15. The average molecular weight is 415 g/mol. The van der Waals surface area contributed by atoms with Crippen molar-refractivity contribution in [3.8, 4) is 0 Å². The van der Waals surface area contributed by atoms with E-state index in [1.165, 1.54) is 5.57 Å². The number of aliphatic hydroxyl groups excluding tert-OH is 2. The van der Waals surface area contributed by atoms with Crippen LogP contribution < -0.4 is 0 Å². The van der Waals surface area contributed by atoms with Crippen molar-refractivity contribution in [3.63, 3.8) is 0 Å². The van der Waals surface area contributed by atoms with Crippen LogP contribution in [0.5, 0.6) is 0 Å². The lowest BCUT2D eigenvalue weighted by Gasteiger charge is -2.46. The van der Waals surface area contributed by atoms with E-state index in [1.807, 2.05) is 19.1 Å². The third kappa shape index (κ3) is 4.92. The lowest BCUT2D eigenvalue weighted by molar-refractivity contribution is -0.244. The van der Waals surface area contributed by atoms with Crippen LogP contribution in [-0.4, -0.2) is 46.7 Å². The maximum atomic E-state index is 12.2. The van der Waals surface area contributed by atoms with E-state index in [1.54, 1.807) is 13.0 Å². The Labute approximate surface area is 179 Å². The van der Waals surface area contributed by atoms with E-state index in [2.05, 4.69) is 26.5 Å². The standard InChI is InChI=1S/C25H34O5/c1-15(2)7-6-8-17(4)24(28)23-9-16(3)12-25(30-23)13-19(14-26)20-11-21(27)18(5)10-22(20)29-25/h7,10,12-13,20,22-24,26,28H,4,6,8-9,11,14H2,1-3,5H3/t20-,22-,23+,24+,25-/m1/s1. The first-order chi connectivity index (χ1) is 14.1. The van der Waals surface area contributed by atoms with Gasteiger partial charge in [0.05, 0.1) is 18.8 Å². The van der Waals surface area contributed by atoms with Crippen molar-refractivity contribution >= 4 is 5.78 Å². The number of allylic oxidation sites excluding steroid dienone is 3. The van der Waals surface area contributed by atoms with Gasteiger partial charge in [-0.1, -0.05) is 23.8 Å². The second-order valence-electron chi connectivity index (χ2n) is 9.04. The maximum absolute atomic E-state index is 12.2. The molecule has 5 nitrogen and oxygen atoms in total. The molecule has 0 bridgehead atoms. The first-order valence-corrected chi connectivity index (χ1v) is 10.7. The van der Waals surface area contributed by atoms with Crippen LogP contribution >= 0.6 is 0 Å². The van der Waals surface area contributed by atoms with Gasteiger partial charge < -0.3 is 19.7 Å². The number of aliphatic hydroxyl groups is 2. The van der Waals surface area contributed by atoms with Crippen molar-refractivity contribution in [1.82, 2.24) is 0 Å². The minimum Gasteiger partial charge on any atom is -0.392 e. The number of hydrogen-bond acceptors (Lipinski definition) is 5. The molecular weight excluding hydrogens is 380 g/mol. The quantitative estimate of drug-likeness (QED) is 0.644. The van der Waals surface area contributed by atoms with Crippen LogP contribution in [0.4, 0.5) is 0 Å². The number of ketones is 1. The second-order valence-corrected chi connectivity index (χ2v) is 9.04. The molecular formula is C25H34O5. The molecule has 3 rings (SSSR count).